The zero-order valence-electron chi connectivity index (χ0n) is 7.90. The zero-order valence-corrected chi connectivity index (χ0v) is 7.90. The van der Waals surface area contributed by atoms with E-state index in [4.69, 9.17) is 10.5 Å². The summed E-state index contributed by atoms with van der Waals surface area (Å²) in [4.78, 5) is 0. The van der Waals surface area contributed by atoms with E-state index < -0.39 is 6.10 Å². The van der Waals surface area contributed by atoms with Crippen LogP contribution < -0.4 is 10.5 Å². The van der Waals surface area contributed by atoms with Crippen LogP contribution in [0, 0.1) is 0 Å². The van der Waals surface area contributed by atoms with Gasteiger partial charge in [0, 0.05) is 0 Å². The molecule has 2 atom stereocenters. The second kappa shape index (κ2) is 4.25. The lowest BCUT2D eigenvalue weighted by molar-refractivity contribution is 0.164. The van der Waals surface area contributed by atoms with Crippen LogP contribution in [0.3, 0.4) is 0 Å². The monoisotopic (exact) mass is 181 g/mol. The zero-order chi connectivity index (χ0) is 9.84. The van der Waals surface area contributed by atoms with E-state index >= 15 is 0 Å². The predicted molar refractivity (Wildman–Crippen MR) is 51.6 cm³/mol. The van der Waals surface area contributed by atoms with E-state index in [-0.39, 0.29) is 6.04 Å². The van der Waals surface area contributed by atoms with Crippen molar-refractivity contribution in [1.82, 2.24) is 0 Å². The van der Waals surface area contributed by atoms with Crippen molar-refractivity contribution in [1.29, 1.82) is 0 Å². The summed E-state index contributed by atoms with van der Waals surface area (Å²) < 4.78 is 5.05. The first kappa shape index (κ1) is 10.0. The van der Waals surface area contributed by atoms with Gasteiger partial charge in [0.2, 0.25) is 0 Å². The SMILES string of the molecule is COc1cccc(C(N)C(C)O)c1. The molecule has 3 nitrogen and oxygen atoms in total. The molecule has 0 aromatic heterocycles. The molecule has 0 saturated carbocycles. The second-order valence-electron chi connectivity index (χ2n) is 3.04. The third kappa shape index (κ3) is 2.44. The standard InChI is InChI=1S/C10H15NO2/c1-7(12)10(11)8-4-3-5-9(6-8)13-2/h3-7,10,12H,11H2,1-2H3. The van der Waals surface area contributed by atoms with Gasteiger partial charge in [-0.15, -0.1) is 0 Å². The van der Waals surface area contributed by atoms with Crippen molar-refractivity contribution in [3.63, 3.8) is 0 Å². The van der Waals surface area contributed by atoms with Crippen LogP contribution >= 0.6 is 0 Å². The van der Waals surface area contributed by atoms with Crippen molar-refractivity contribution in [3.8, 4) is 5.75 Å². The Morgan fingerprint density at radius 1 is 1.46 bits per heavy atom. The van der Waals surface area contributed by atoms with Crippen LogP contribution in [-0.2, 0) is 0 Å². The first-order valence-corrected chi connectivity index (χ1v) is 4.22. The Kier molecular flexibility index (Phi) is 3.28. The molecule has 0 aliphatic rings. The summed E-state index contributed by atoms with van der Waals surface area (Å²) >= 11 is 0. The summed E-state index contributed by atoms with van der Waals surface area (Å²) in [5, 5.41) is 9.27. The highest BCUT2D eigenvalue weighted by Crippen LogP contribution is 2.19. The molecule has 1 aromatic rings. The van der Waals surface area contributed by atoms with Crippen LogP contribution in [0.5, 0.6) is 5.75 Å². The number of ether oxygens (including phenoxy) is 1. The van der Waals surface area contributed by atoms with Gasteiger partial charge in [-0.25, -0.2) is 0 Å². The molecule has 0 aliphatic carbocycles. The van der Waals surface area contributed by atoms with Crippen molar-refractivity contribution in [2.45, 2.75) is 19.1 Å². The Labute approximate surface area is 78.1 Å². The van der Waals surface area contributed by atoms with Gasteiger partial charge in [-0.05, 0) is 24.6 Å². The number of hydrogen-bond acceptors (Lipinski definition) is 3. The van der Waals surface area contributed by atoms with Crippen LogP contribution in [0.25, 0.3) is 0 Å². The topological polar surface area (TPSA) is 55.5 Å². The van der Waals surface area contributed by atoms with Gasteiger partial charge in [0.15, 0.2) is 0 Å². The number of aliphatic hydroxyl groups is 1. The predicted octanol–water partition coefficient (Wildman–Crippen LogP) is 1.08. The van der Waals surface area contributed by atoms with Gasteiger partial charge in [0.1, 0.15) is 5.75 Å². The molecule has 1 rings (SSSR count). The quantitative estimate of drug-likeness (QED) is 0.733. The molecular weight excluding hydrogens is 166 g/mol. The normalized spacial score (nSPS) is 15.1. The fourth-order valence-corrected chi connectivity index (χ4v) is 1.13. The van der Waals surface area contributed by atoms with E-state index in [1.54, 1.807) is 14.0 Å². The molecule has 0 radical (unpaired) electrons. The van der Waals surface area contributed by atoms with Crippen LogP contribution in [0.4, 0.5) is 0 Å². The third-order valence-electron chi connectivity index (χ3n) is 2.00. The number of hydrogen-bond donors (Lipinski definition) is 2. The average molecular weight is 181 g/mol. The second-order valence-corrected chi connectivity index (χ2v) is 3.04. The van der Waals surface area contributed by atoms with Gasteiger partial charge in [-0.2, -0.15) is 0 Å². The smallest absolute Gasteiger partial charge is 0.119 e. The lowest BCUT2D eigenvalue weighted by Gasteiger charge is -2.15. The van der Waals surface area contributed by atoms with Crippen LogP contribution in [0.2, 0.25) is 0 Å². The van der Waals surface area contributed by atoms with Crippen molar-refractivity contribution < 1.29 is 9.84 Å². The molecule has 0 aliphatic heterocycles. The molecule has 3 heteroatoms. The fourth-order valence-electron chi connectivity index (χ4n) is 1.13. The van der Waals surface area contributed by atoms with Crippen LogP contribution in [0.1, 0.15) is 18.5 Å². The van der Waals surface area contributed by atoms with E-state index in [1.165, 1.54) is 0 Å². The molecule has 0 heterocycles. The summed E-state index contributed by atoms with van der Waals surface area (Å²) in [6, 6.07) is 7.06. The van der Waals surface area contributed by atoms with Crippen molar-refractivity contribution in [3.05, 3.63) is 29.8 Å². The Bertz CT molecular complexity index is 273. The molecule has 1 aromatic carbocycles. The third-order valence-corrected chi connectivity index (χ3v) is 2.00. The summed E-state index contributed by atoms with van der Waals surface area (Å²) in [6.45, 7) is 1.67. The summed E-state index contributed by atoms with van der Waals surface area (Å²) in [7, 11) is 1.60. The van der Waals surface area contributed by atoms with E-state index in [0.29, 0.717) is 0 Å². The number of methoxy groups -OCH3 is 1. The molecule has 0 saturated heterocycles. The first-order chi connectivity index (χ1) is 6.15. The molecule has 0 spiro atoms. The average Bonchev–Trinajstić information content (AvgIpc) is 2.16. The van der Waals surface area contributed by atoms with Crippen molar-refractivity contribution >= 4 is 0 Å². The summed E-state index contributed by atoms with van der Waals surface area (Å²) in [5.74, 6) is 0.758. The van der Waals surface area contributed by atoms with Gasteiger partial charge < -0.3 is 15.6 Å². The molecular formula is C10H15NO2. The van der Waals surface area contributed by atoms with Crippen LogP contribution in [-0.4, -0.2) is 18.3 Å². The van der Waals surface area contributed by atoms with E-state index in [1.807, 2.05) is 24.3 Å². The lowest BCUT2D eigenvalue weighted by Crippen LogP contribution is -2.22. The molecule has 3 N–H and O–H groups in total. The molecule has 0 amide bonds. The molecule has 2 unspecified atom stereocenters. The Hall–Kier alpha value is -1.06. The van der Waals surface area contributed by atoms with E-state index in [2.05, 4.69) is 0 Å². The Balaban J connectivity index is 2.88. The first-order valence-electron chi connectivity index (χ1n) is 4.22. The van der Waals surface area contributed by atoms with Gasteiger partial charge in [0.05, 0.1) is 19.3 Å². The van der Waals surface area contributed by atoms with Gasteiger partial charge in [0.25, 0.3) is 0 Å². The summed E-state index contributed by atoms with van der Waals surface area (Å²) in [6.07, 6.45) is -0.549. The minimum absolute atomic E-state index is 0.352. The molecule has 72 valence electrons. The van der Waals surface area contributed by atoms with Gasteiger partial charge in [-0.1, -0.05) is 12.1 Å². The molecule has 0 bridgehead atoms. The van der Waals surface area contributed by atoms with Gasteiger partial charge in [-0.3, -0.25) is 0 Å². The van der Waals surface area contributed by atoms with Crippen molar-refractivity contribution in [2.24, 2.45) is 5.73 Å². The summed E-state index contributed by atoms with van der Waals surface area (Å²) in [5.41, 5.74) is 6.64. The largest absolute Gasteiger partial charge is 0.497 e. The van der Waals surface area contributed by atoms with E-state index in [0.717, 1.165) is 11.3 Å². The maximum absolute atomic E-state index is 9.27. The Morgan fingerprint density at radius 2 is 2.15 bits per heavy atom. The number of nitrogens with two attached hydrogens (primary N) is 1. The van der Waals surface area contributed by atoms with Gasteiger partial charge >= 0.3 is 0 Å². The number of benzene rings is 1. The highest BCUT2D eigenvalue weighted by atomic mass is 16.5. The van der Waals surface area contributed by atoms with Crippen molar-refractivity contribution in [2.75, 3.05) is 7.11 Å². The minimum Gasteiger partial charge on any atom is -0.497 e. The maximum Gasteiger partial charge on any atom is 0.119 e. The van der Waals surface area contributed by atoms with Crippen LogP contribution in [0.15, 0.2) is 24.3 Å². The highest BCUT2D eigenvalue weighted by Gasteiger charge is 2.11. The Morgan fingerprint density at radius 3 is 2.69 bits per heavy atom. The highest BCUT2D eigenvalue weighted by molar-refractivity contribution is 5.30. The molecule has 13 heavy (non-hydrogen) atoms. The number of rotatable bonds is 3. The lowest BCUT2D eigenvalue weighted by atomic mass is 10.0. The van der Waals surface area contributed by atoms with E-state index in [9.17, 15) is 5.11 Å². The minimum atomic E-state index is -0.549. The fraction of sp³-hybridized carbons (Fsp3) is 0.400. The number of aliphatic hydroxyl groups excluding tert-OH is 1. The maximum atomic E-state index is 9.27. The molecule has 0 fully saturated rings.